The highest BCUT2D eigenvalue weighted by atomic mass is 32.2. The molecule has 0 saturated carbocycles. The molecule has 0 spiro atoms. The molecular weight excluding hydrogens is 402 g/mol. The van der Waals surface area contributed by atoms with E-state index in [1.165, 1.54) is 0 Å². The monoisotopic (exact) mass is 433 g/mol. The molecule has 0 bridgehead atoms. The van der Waals surface area contributed by atoms with Gasteiger partial charge in [-0.25, -0.2) is 23.5 Å². The van der Waals surface area contributed by atoms with Gasteiger partial charge in [0, 0.05) is 25.1 Å². The SMILES string of the molecule is CC(C)c1nc(N[C@H](CO)C(C)C)cc(N2CCc3ccc(S(N)(=O)=O)cc3C2)n1. The largest absolute Gasteiger partial charge is 0.394 e. The third-order valence-electron chi connectivity index (χ3n) is 5.42. The lowest BCUT2D eigenvalue weighted by Gasteiger charge is -2.31. The molecule has 0 unspecified atom stereocenters. The molecule has 9 heteroatoms. The number of nitrogens with two attached hydrogens (primary N) is 1. The van der Waals surface area contributed by atoms with E-state index in [1.807, 2.05) is 39.8 Å². The van der Waals surface area contributed by atoms with Gasteiger partial charge in [-0.15, -0.1) is 0 Å². The lowest BCUT2D eigenvalue weighted by Crippen LogP contribution is -2.33. The molecular formula is C21H31N5O3S. The van der Waals surface area contributed by atoms with E-state index in [-0.39, 0.29) is 29.4 Å². The third-order valence-corrected chi connectivity index (χ3v) is 6.33. The number of nitrogens with zero attached hydrogens (tertiary/aromatic N) is 3. The van der Waals surface area contributed by atoms with Crippen LogP contribution < -0.4 is 15.4 Å². The molecule has 3 rings (SSSR count). The number of benzene rings is 1. The molecule has 0 fully saturated rings. The number of fused-ring (bicyclic) bond motifs is 1. The lowest BCUT2D eigenvalue weighted by molar-refractivity contribution is 0.249. The Hall–Kier alpha value is -2.23. The molecule has 0 amide bonds. The molecule has 0 saturated heterocycles. The van der Waals surface area contributed by atoms with Gasteiger partial charge in [-0.3, -0.25) is 0 Å². The zero-order valence-corrected chi connectivity index (χ0v) is 18.8. The summed E-state index contributed by atoms with van der Waals surface area (Å²) in [6, 6.07) is 6.85. The smallest absolute Gasteiger partial charge is 0.238 e. The molecule has 164 valence electrons. The summed E-state index contributed by atoms with van der Waals surface area (Å²) in [6.07, 6.45) is 0.787. The van der Waals surface area contributed by atoms with Crippen molar-refractivity contribution >= 4 is 21.7 Å². The summed E-state index contributed by atoms with van der Waals surface area (Å²) in [5, 5.41) is 18.3. The van der Waals surface area contributed by atoms with Crippen LogP contribution in [0.25, 0.3) is 0 Å². The maximum Gasteiger partial charge on any atom is 0.238 e. The second-order valence-corrected chi connectivity index (χ2v) is 10.0. The van der Waals surface area contributed by atoms with Gasteiger partial charge in [0.15, 0.2) is 0 Å². The minimum absolute atomic E-state index is 0.0153. The molecule has 2 heterocycles. The summed E-state index contributed by atoms with van der Waals surface area (Å²) in [7, 11) is -3.75. The Morgan fingerprint density at radius 2 is 1.90 bits per heavy atom. The van der Waals surface area contributed by atoms with Crippen molar-refractivity contribution in [1.29, 1.82) is 0 Å². The Bertz CT molecular complexity index is 1010. The summed E-state index contributed by atoms with van der Waals surface area (Å²) >= 11 is 0. The average molecular weight is 434 g/mol. The Labute approximate surface area is 178 Å². The Kier molecular flexibility index (Phi) is 6.64. The van der Waals surface area contributed by atoms with E-state index in [1.54, 1.807) is 12.1 Å². The number of hydrogen-bond donors (Lipinski definition) is 3. The minimum Gasteiger partial charge on any atom is -0.394 e. The summed E-state index contributed by atoms with van der Waals surface area (Å²) < 4.78 is 23.5. The molecule has 0 aliphatic carbocycles. The van der Waals surface area contributed by atoms with Crippen molar-refractivity contribution < 1.29 is 13.5 Å². The van der Waals surface area contributed by atoms with Crippen molar-refractivity contribution in [2.24, 2.45) is 11.1 Å². The van der Waals surface area contributed by atoms with Gasteiger partial charge in [-0.1, -0.05) is 33.8 Å². The van der Waals surface area contributed by atoms with Crippen LogP contribution in [0.15, 0.2) is 29.2 Å². The third kappa shape index (κ3) is 5.08. The summed E-state index contributed by atoms with van der Waals surface area (Å²) in [4.78, 5) is 11.6. The predicted octanol–water partition coefficient (Wildman–Crippen LogP) is 2.24. The molecule has 2 aromatic rings. The van der Waals surface area contributed by atoms with Crippen LogP contribution in [-0.2, 0) is 23.0 Å². The molecule has 1 aliphatic heterocycles. The Morgan fingerprint density at radius 1 is 1.17 bits per heavy atom. The normalized spacial score (nSPS) is 15.4. The van der Waals surface area contributed by atoms with Gasteiger partial charge in [-0.05, 0) is 35.6 Å². The van der Waals surface area contributed by atoms with Gasteiger partial charge in [0.05, 0.1) is 17.5 Å². The molecule has 8 nitrogen and oxygen atoms in total. The van der Waals surface area contributed by atoms with Crippen LogP contribution in [0, 0.1) is 5.92 Å². The Balaban J connectivity index is 1.93. The van der Waals surface area contributed by atoms with Gasteiger partial charge in [0.2, 0.25) is 10.0 Å². The van der Waals surface area contributed by atoms with Crippen molar-refractivity contribution in [3.05, 3.63) is 41.2 Å². The molecule has 1 aliphatic rings. The summed E-state index contributed by atoms with van der Waals surface area (Å²) in [6.45, 7) is 9.50. The van der Waals surface area contributed by atoms with Crippen molar-refractivity contribution in [2.45, 2.75) is 57.5 Å². The maximum absolute atomic E-state index is 11.7. The molecule has 30 heavy (non-hydrogen) atoms. The number of anilines is 2. The first-order chi connectivity index (χ1) is 14.1. The zero-order chi connectivity index (χ0) is 22.1. The number of aromatic nitrogens is 2. The van der Waals surface area contributed by atoms with E-state index in [0.29, 0.717) is 12.4 Å². The molecule has 1 aromatic carbocycles. The number of aliphatic hydroxyl groups is 1. The average Bonchev–Trinajstić information content (AvgIpc) is 2.70. The van der Waals surface area contributed by atoms with Crippen LogP contribution in [0.2, 0.25) is 0 Å². The number of primary sulfonamides is 1. The first-order valence-electron chi connectivity index (χ1n) is 10.2. The Morgan fingerprint density at radius 3 is 2.50 bits per heavy atom. The van der Waals surface area contributed by atoms with Gasteiger partial charge in [-0.2, -0.15) is 0 Å². The highest BCUT2D eigenvalue weighted by molar-refractivity contribution is 7.89. The fourth-order valence-corrected chi connectivity index (χ4v) is 4.03. The van der Waals surface area contributed by atoms with Crippen molar-refractivity contribution in [1.82, 2.24) is 9.97 Å². The maximum atomic E-state index is 11.7. The van der Waals surface area contributed by atoms with Gasteiger partial charge in [0.1, 0.15) is 17.5 Å². The van der Waals surface area contributed by atoms with E-state index < -0.39 is 10.0 Å². The summed E-state index contributed by atoms with van der Waals surface area (Å²) in [5.41, 5.74) is 2.05. The van der Waals surface area contributed by atoms with Crippen LogP contribution in [0.1, 0.15) is 50.6 Å². The van der Waals surface area contributed by atoms with Gasteiger partial charge in [0.25, 0.3) is 0 Å². The second-order valence-electron chi connectivity index (χ2n) is 8.45. The molecule has 1 atom stereocenters. The first-order valence-corrected chi connectivity index (χ1v) is 11.8. The quantitative estimate of drug-likeness (QED) is 0.612. The lowest BCUT2D eigenvalue weighted by atomic mass is 10.00. The fourth-order valence-electron chi connectivity index (χ4n) is 3.47. The summed E-state index contributed by atoms with van der Waals surface area (Å²) in [5.74, 6) is 2.57. The van der Waals surface area contributed by atoms with E-state index in [2.05, 4.69) is 15.2 Å². The van der Waals surface area contributed by atoms with E-state index in [0.717, 1.165) is 35.7 Å². The van der Waals surface area contributed by atoms with Crippen LogP contribution in [0.3, 0.4) is 0 Å². The van der Waals surface area contributed by atoms with Crippen LogP contribution >= 0.6 is 0 Å². The molecule has 1 aromatic heterocycles. The number of rotatable bonds is 7. The number of aliphatic hydroxyl groups excluding tert-OH is 1. The van der Waals surface area contributed by atoms with E-state index in [9.17, 15) is 13.5 Å². The van der Waals surface area contributed by atoms with Crippen molar-refractivity contribution in [2.75, 3.05) is 23.4 Å². The van der Waals surface area contributed by atoms with Crippen molar-refractivity contribution in [3.63, 3.8) is 0 Å². The standard InChI is InChI=1S/C21H31N5O3S/c1-13(2)18(12-27)23-19-10-20(25-21(24-19)14(3)4)26-8-7-15-5-6-17(30(22,28)29)9-16(15)11-26/h5-6,9-10,13-14,18,27H,7-8,11-12H2,1-4H3,(H2,22,28,29)(H,23,24,25)/t18-/m1/s1. The number of hydrogen-bond acceptors (Lipinski definition) is 7. The van der Waals surface area contributed by atoms with Gasteiger partial charge < -0.3 is 15.3 Å². The highest BCUT2D eigenvalue weighted by Crippen LogP contribution is 2.28. The first kappa shape index (κ1) is 22.5. The van der Waals surface area contributed by atoms with E-state index >= 15 is 0 Å². The minimum atomic E-state index is -3.75. The second kappa shape index (κ2) is 8.87. The fraction of sp³-hybridized carbons (Fsp3) is 0.524. The molecule has 4 N–H and O–H groups in total. The van der Waals surface area contributed by atoms with Crippen LogP contribution in [-0.4, -0.2) is 42.7 Å². The van der Waals surface area contributed by atoms with Crippen LogP contribution in [0.4, 0.5) is 11.6 Å². The van der Waals surface area contributed by atoms with Crippen molar-refractivity contribution in [3.8, 4) is 0 Å². The number of sulfonamides is 1. The molecule has 0 radical (unpaired) electrons. The zero-order valence-electron chi connectivity index (χ0n) is 18.0. The highest BCUT2D eigenvalue weighted by Gasteiger charge is 2.22. The van der Waals surface area contributed by atoms with Gasteiger partial charge >= 0.3 is 0 Å². The van der Waals surface area contributed by atoms with E-state index in [4.69, 9.17) is 10.1 Å². The topological polar surface area (TPSA) is 121 Å². The van der Waals surface area contributed by atoms with Crippen LogP contribution in [0.5, 0.6) is 0 Å². The predicted molar refractivity (Wildman–Crippen MR) is 118 cm³/mol. The number of nitrogens with one attached hydrogen (secondary N) is 1.